The zero-order valence-corrected chi connectivity index (χ0v) is 16.7. The molecule has 6 nitrogen and oxygen atoms in total. The first-order valence-corrected chi connectivity index (χ1v) is 10.5. The maximum Gasteiger partial charge on any atom is 0.303 e. The van der Waals surface area contributed by atoms with Crippen LogP contribution in [0.25, 0.3) is 10.2 Å². The Morgan fingerprint density at radius 3 is 2.81 bits per heavy atom. The Labute approximate surface area is 164 Å². The second-order valence-electron chi connectivity index (χ2n) is 7.60. The Balaban J connectivity index is 1.56. The molecule has 0 spiro atoms. The number of hydrogen-bond acceptors (Lipinski definition) is 6. The fourth-order valence-electron chi connectivity index (χ4n) is 4.48. The number of ether oxygens (including phenoxy) is 1. The quantitative estimate of drug-likeness (QED) is 0.766. The minimum Gasteiger partial charge on any atom is -0.481 e. The maximum atomic E-state index is 11.3. The standard InChI is InChI=1S/C19H25BN3O3S/c1-20-23(2)12-4-6-13(7-5-12)26-18-17-16-11(9-15(24)25)3-8-14(16)27-19(17)22-10-21-18/h10-13H,3-9H2,1-2H3,(H,24,25)/t11-,12?,13?/m0/s1. The molecule has 4 rings (SSSR count). The Bertz CT molecular complexity index is 835. The van der Waals surface area contributed by atoms with E-state index >= 15 is 0 Å². The first-order valence-electron chi connectivity index (χ1n) is 9.73. The zero-order valence-electron chi connectivity index (χ0n) is 15.9. The first-order chi connectivity index (χ1) is 13.1. The normalized spacial score (nSPS) is 24.9. The fraction of sp³-hybridized carbons (Fsp3) is 0.632. The zero-order chi connectivity index (χ0) is 19.0. The van der Waals surface area contributed by atoms with E-state index in [1.165, 1.54) is 4.88 Å². The van der Waals surface area contributed by atoms with Crippen LogP contribution in [0.4, 0.5) is 0 Å². The van der Waals surface area contributed by atoms with Crippen molar-refractivity contribution in [3.05, 3.63) is 16.8 Å². The molecule has 0 aliphatic heterocycles. The van der Waals surface area contributed by atoms with Gasteiger partial charge in [-0.05, 0) is 63.1 Å². The third-order valence-electron chi connectivity index (χ3n) is 6.02. The highest BCUT2D eigenvalue weighted by atomic mass is 32.1. The Morgan fingerprint density at radius 2 is 2.11 bits per heavy atom. The number of thiophene rings is 1. The predicted molar refractivity (Wildman–Crippen MR) is 107 cm³/mol. The lowest BCUT2D eigenvalue weighted by molar-refractivity contribution is -0.137. The predicted octanol–water partition coefficient (Wildman–Crippen LogP) is 3.48. The van der Waals surface area contributed by atoms with Gasteiger partial charge in [-0.2, -0.15) is 0 Å². The van der Waals surface area contributed by atoms with Crippen LogP contribution in [0.5, 0.6) is 5.88 Å². The summed E-state index contributed by atoms with van der Waals surface area (Å²) in [5, 5.41) is 10.2. The van der Waals surface area contributed by atoms with Crippen LogP contribution in [0.1, 0.15) is 54.9 Å². The van der Waals surface area contributed by atoms with E-state index in [0.717, 1.165) is 54.3 Å². The number of hydrogen-bond donors (Lipinski definition) is 1. The van der Waals surface area contributed by atoms with Crippen LogP contribution in [-0.2, 0) is 11.2 Å². The lowest BCUT2D eigenvalue weighted by Gasteiger charge is -2.34. The van der Waals surface area contributed by atoms with Crippen molar-refractivity contribution in [3.63, 3.8) is 0 Å². The Kier molecular flexibility index (Phi) is 5.37. The van der Waals surface area contributed by atoms with E-state index in [1.807, 2.05) is 0 Å². The van der Waals surface area contributed by atoms with Crippen molar-refractivity contribution < 1.29 is 14.6 Å². The van der Waals surface area contributed by atoms with Crippen LogP contribution in [0.15, 0.2) is 6.33 Å². The molecule has 2 heterocycles. The molecule has 1 radical (unpaired) electrons. The summed E-state index contributed by atoms with van der Waals surface area (Å²) in [7, 11) is 4.27. The summed E-state index contributed by atoms with van der Waals surface area (Å²) in [5.41, 5.74) is 1.13. The number of rotatable bonds is 6. The Hall–Kier alpha value is -1.67. The van der Waals surface area contributed by atoms with Gasteiger partial charge in [0.25, 0.3) is 0 Å². The molecule has 2 aromatic heterocycles. The van der Waals surface area contributed by atoms with Gasteiger partial charge >= 0.3 is 5.97 Å². The van der Waals surface area contributed by atoms with Crippen molar-refractivity contribution in [3.8, 4) is 5.88 Å². The van der Waals surface area contributed by atoms with Crippen LogP contribution in [0, 0.1) is 0 Å². The smallest absolute Gasteiger partial charge is 0.303 e. The van der Waals surface area contributed by atoms with Gasteiger partial charge in [0.05, 0.1) is 11.8 Å². The molecule has 143 valence electrons. The van der Waals surface area contributed by atoms with Crippen molar-refractivity contribution in [2.75, 3.05) is 7.05 Å². The second-order valence-corrected chi connectivity index (χ2v) is 8.69. The molecule has 1 atom stereocenters. The summed E-state index contributed by atoms with van der Waals surface area (Å²) in [6.07, 6.45) is 7.98. The van der Waals surface area contributed by atoms with Crippen molar-refractivity contribution >= 4 is 34.9 Å². The minimum atomic E-state index is -0.748. The van der Waals surface area contributed by atoms with Gasteiger partial charge in [0.2, 0.25) is 13.3 Å². The van der Waals surface area contributed by atoms with E-state index in [0.29, 0.717) is 11.9 Å². The summed E-state index contributed by atoms with van der Waals surface area (Å²) >= 11 is 1.67. The van der Waals surface area contributed by atoms with Crippen molar-refractivity contribution in [1.82, 2.24) is 14.8 Å². The van der Waals surface area contributed by atoms with Gasteiger partial charge in [0.15, 0.2) is 0 Å². The Morgan fingerprint density at radius 1 is 1.33 bits per heavy atom. The van der Waals surface area contributed by atoms with E-state index in [2.05, 4.69) is 36.1 Å². The molecule has 0 saturated heterocycles. The third kappa shape index (κ3) is 3.69. The molecule has 8 heteroatoms. The van der Waals surface area contributed by atoms with Gasteiger partial charge in [0.1, 0.15) is 17.3 Å². The molecule has 1 fully saturated rings. The van der Waals surface area contributed by atoms with Gasteiger partial charge in [-0.3, -0.25) is 4.79 Å². The van der Waals surface area contributed by atoms with Crippen LogP contribution in [0.2, 0.25) is 6.82 Å². The van der Waals surface area contributed by atoms with Crippen LogP contribution >= 0.6 is 11.3 Å². The molecule has 2 aliphatic carbocycles. The number of carboxylic acids is 1. The summed E-state index contributed by atoms with van der Waals surface area (Å²) in [6, 6.07) is 0.589. The van der Waals surface area contributed by atoms with E-state index in [9.17, 15) is 9.90 Å². The summed E-state index contributed by atoms with van der Waals surface area (Å²) < 4.78 is 6.35. The number of carboxylic acid groups (broad SMARTS) is 1. The molecule has 0 bridgehead atoms. The topological polar surface area (TPSA) is 75.5 Å². The largest absolute Gasteiger partial charge is 0.481 e. The summed E-state index contributed by atoms with van der Waals surface area (Å²) in [6.45, 7) is 2.07. The molecule has 2 aromatic rings. The average molecular weight is 386 g/mol. The van der Waals surface area contributed by atoms with Gasteiger partial charge < -0.3 is 14.7 Å². The number of aryl methyl sites for hydroxylation is 1. The highest BCUT2D eigenvalue weighted by Crippen LogP contribution is 2.47. The molecule has 0 unspecified atom stereocenters. The summed E-state index contributed by atoms with van der Waals surface area (Å²) in [5.74, 6) is -0.0561. The van der Waals surface area contributed by atoms with Crippen LogP contribution in [-0.4, -0.2) is 52.5 Å². The number of nitrogens with zero attached hydrogens (tertiary/aromatic N) is 3. The number of carbonyl (C=O) groups is 1. The number of aliphatic carboxylic acids is 1. The fourth-order valence-corrected chi connectivity index (χ4v) is 5.71. The van der Waals surface area contributed by atoms with Crippen LogP contribution < -0.4 is 4.74 Å². The molecular formula is C19H25BN3O3S. The maximum absolute atomic E-state index is 11.3. The van der Waals surface area contributed by atoms with E-state index < -0.39 is 5.97 Å². The average Bonchev–Trinajstić information content (AvgIpc) is 3.21. The van der Waals surface area contributed by atoms with Crippen molar-refractivity contribution in [2.45, 2.75) is 69.8 Å². The highest BCUT2D eigenvalue weighted by Gasteiger charge is 2.32. The third-order valence-corrected chi connectivity index (χ3v) is 7.20. The van der Waals surface area contributed by atoms with Gasteiger partial charge in [-0.1, -0.05) is 6.82 Å². The minimum absolute atomic E-state index is 0.0454. The van der Waals surface area contributed by atoms with Crippen molar-refractivity contribution in [1.29, 1.82) is 0 Å². The molecule has 2 aliphatic rings. The van der Waals surface area contributed by atoms with Gasteiger partial charge in [0, 0.05) is 4.88 Å². The summed E-state index contributed by atoms with van der Waals surface area (Å²) in [4.78, 5) is 24.6. The van der Waals surface area contributed by atoms with E-state index in [4.69, 9.17) is 4.74 Å². The van der Waals surface area contributed by atoms with Gasteiger partial charge in [-0.15, -0.1) is 11.3 Å². The number of fused-ring (bicyclic) bond motifs is 3. The number of aromatic nitrogens is 2. The molecular weight excluding hydrogens is 361 g/mol. The van der Waals surface area contributed by atoms with Crippen molar-refractivity contribution in [2.24, 2.45) is 0 Å². The molecule has 0 aromatic carbocycles. The molecule has 27 heavy (non-hydrogen) atoms. The molecule has 1 saturated carbocycles. The van der Waals surface area contributed by atoms with Crippen LogP contribution in [0.3, 0.4) is 0 Å². The lowest BCUT2D eigenvalue weighted by Crippen LogP contribution is -2.38. The van der Waals surface area contributed by atoms with E-state index in [-0.39, 0.29) is 18.4 Å². The molecule has 0 amide bonds. The SMILES string of the molecule is C[B]N(C)C1CCC(Oc2ncnc3sc4c(c23)[C@H](CC(=O)O)CC4)CC1. The lowest BCUT2D eigenvalue weighted by atomic mass is 9.85. The monoisotopic (exact) mass is 386 g/mol. The van der Waals surface area contributed by atoms with Gasteiger partial charge in [-0.25, -0.2) is 9.97 Å². The first kappa shape index (κ1) is 18.7. The van der Waals surface area contributed by atoms with E-state index in [1.54, 1.807) is 17.7 Å². The second kappa shape index (κ2) is 7.76. The highest BCUT2D eigenvalue weighted by molar-refractivity contribution is 7.19. The molecule has 1 N–H and O–H groups in total.